The third-order valence-electron chi connectivity index (χ3n) is 2.77. The van der Waals surface area contributed by atoms with E-state index in [-0.39, 0.29) is 0 Å². The molecule has 30 heavy (non-hydrogen) atoms. The van der Waals surface area contributed by atoms with E-state index in [0.717, 1.165) is 17.3 Å². The quantitative estimate of drug-likeness (QED) is 0.281. The van der Waals surface area contributed by atoms with Crippen LogP contribution in [0, 0.1) is 0 Å². The van der Waals surface area contributed by atoms with E-state index in [1.54, 1.807) is 6.20 Å². The van der Waals surface area contributed by atoms with Crippen LogP contribution in [0.2, 0.25) is 0 Å². The summed E-state index contributed by atoms with van der Waals surface area (Å²) in [7, 11) is -13.4. The molecule has 1 aromatic rings. The SMILES string of the molecule is C=Cn1cc[n+](CCOCCOCC)c1.O=S(=O)([N-]S(=O)(=O)C(F)(F)F)C(F)(F)F. The molecule has 176 valence electrons. The van der Waals surface area contributed by atoms with E-state index in [0.29, 0.717) is 19.8 Å². The predicted molar refractivity (Wildman–Crippen MR) is 91.6 cm³/mol. The fourth-order valence-corrected chi connectivity index (χ4v) is 3.11. The number of halogens is 6. The first-order chi connectivity index (χ1) is 13.6. The Morgan fingerprint density at radius 1 is 1.00 bits per heavy atom. The highest BCUT2D eigenvalue weighted by Crippen LogP contribution is 2.36. The second-order valence-corrected chi connectivity index (χ2v) is 8.43. The van der Waals surface area contributed by atoms with E-state index in [4.69, 9.17) is 9.47 Å². The molecule has 0 fully saturated rings. The molecule has 0 atom stereocenters. The van der Waals surface area contributed by atoms with Crippen molar-refractivity contribution in [2.24, 2.45) is 0 Å². The molecular weight excluding hydrogens is 472 g/mol. The summed E-state index contributed by atoms with van der Waals surface area (Å²) in [5.41, 5.74) is -12.4. The van der Waals surface area contributed by atoms with E-state index < -0.39 is 31.1 Å². The normalized spacial score (nSPS) is 12.9. The van der Waals surface area contributed by atoms with E-state index in [2.05, 4.69) is 11.1 Å². The highest BCUT2D eigenvalue weighted by molar-refractivity contribution is 8.13. The van der Waals surface area contributed by atoms with Gasteiger partial charge in [0.25, 0.3) is 0 Å². The van der Waals surface area contributed by atoms with Crippen molar-refractivity contribution in [1.29, 1.82) is 0 Å². The standard InChI is InChI=1S/C11H19N2O2.C2F6NO4S2/c1-3-12-5-6-13(11-12)7-8-15-10-9-14-4-2;3-1(4,5)14(10,11)9-15(12,13)2(6,7)8/h3,5-6,11H,1,4,7-10H2,2H3;/q+1;-1. The Morgan fingerprint density at radius 2 is 1.50 bits per heavy atom. The van der Waals surface area contributed by atoms with E-state index in [1.807, 2.05) is 30.2 Å². The number of aromatic nitrogens is 2. The number of alkyl halides is 6. The van der Waals surface area contributed by atoms with Gasteiger partial charge in [-0.3, -0.25) is 0 Å². The van der Waals surface area contributed by atoms with Crippen LogP contribution >= 0.6 is 0 Å². The molecule has 0 aliphatic heterocycles. The van der Waals surface area contributed by atoms with Gasteiger partial charge >= 0.3 is 11.0 Å². The number of sulfonamides is 2. The van der Waals surface area contributed by atoms with Crippen LogP contribution in [0.15, 0.2) is 25.3 Å². The lowest BCUT2D eigenvalue weighted by molar-refractivity contribution is -0.697. The molecule has 1 aromatic heterocycles. The van der Waals surface area contributed by atoms with Gasteiger partial charge in [0, 0.05) is 6.61 Å². The predicted octanol–water partition coefficient (Wildman–Crippen LogP) is 1.99. The third kappa shape index (κ3) is 9.88. The average molecular weight is 491 g/mol. The van der Waals surface area contributed by atoms with Crippen LogP contribution in [0.1, 0.15) is 6.92 Å². The first-order valence-electron chi connectivity index (χ1n) is 7.78. The van der Waals surface area contributed by atoms with Gasteiger partial charge < -0.3 is 13.6 Å². The van der Waals surface area contributed by atoms with Gasteiger partial charge in [-0.15, -0.1) is 0 Å². The minimum Gasteiger partial charge on any atom is -0.421 e. The molecule has 0 aliphatic rings. The van der Waals surface area contributed by atoms with Crippen molar-refractivity contribution in [1.82, 2.24) is 4.57 Å². The highest BCUT2D eigenvalue weighted by atomic mass is 32.3. The summed E-state index contributed by atoms with van der Waals surface area (Å²) >= 11 is 0. The van der Waals surface area contributed by atoms with Gasteiger partial charge in [-0.25, -0.2) is 26.0 Å². The largest absolute Gasteiger partial charge is 0.480 e. The topological polar surface area (TPSA) is 110 Å². The summed E-state index contributed by atoms with van der Waals surface area (Å²) in [5.74, 6) is 0. The lowest BCUT2D eigenvalue weighted by Gasteiger charge is -2.22. The Kier molecular flexibility index (Phi) is 11.0. The summed E-state index contributed by atoms with van der Waals surface area (Å²) < 4.78 is 124. The minimum atomic E-state index is -6.72. The van der Waals surface area contributed by atoms with Gasteiger partial charge in [0.15, 0.2) is 20.0 Å². The zero-order valence-electron chi connectivity index (χ0n) is 15.4. The number of ether oxygens (including phenoxy) is 2. The van der Waals surface area contributed by atoms with Crippen molar-refractivity contribution in [3.8, 4) is 0 Å². The van der Waals surface area contributed by atoms with Crippen LogP contribution in [-0.4, -0.2) is 58.8 Å². The molecule has 0 radical (unpaired) electrons. The van der Waals surface area contributed by atoms with Crippen LogP contribution < -0.4 is 4.57 Å². The Bertz CT molecular complexity index is 823. The molecule has 0 amide bonds. The summed E-state index contributed by atoms with van der Waals surface area (Å²) in [5, 5.41) is 0. The van der Waals surface area contributed by atoms with Crippen molar-refractivity contribution in [3.63, 3.8) is 0 Å². The van der Waals surface area contributed by atoms with Crippen molar-refractivity contribution >= 4 is 26.2 Å². The van der Waals surface area contributed by atoms with Gasteiger partial charge in [0.1, 0.15) is 18.9 Å². The monoisotopic (exact) mass is 491 g/mol. The summed E-state index contributed by atoms with van der Waals surface area (Å²) in [6.07, 6.45) is 7.67. The maximum absolute atomic E-state index is 11.4. The maximum atomic E-state index is 11.4. The molecule has 0 saturated carbocycles. The van der Waals surface area contributed by atoms with Gasteiger partial charge in [-0.1, -0.05) is 6.58 Å². The van der Waals surface area contributed by atoms with Crippen molar-refractivity contribution in [3.05, 3.63) is 29.4 Å². The molecule has 17 heteroatoms. The van der Waals surface area contributed by atoms with Crippen LogP contribution in [0.4, 0.5) is 26.3 Å². The fourth-order valence-electron chi connectivity index (χ4n) is 1.40. The smallest absolute Gasteiger partial charge is 0.421 e. The van der Waals surface area contributed by atoms with Crippen molar-refractivity contribution in [2.45, 2.75) is 24.5 Å². The first-order valence-corrected chi connectivity index (χ1v) is 10.7. The van der Waals surface area contributed by atoms with Gasteiger partial charge in [0.05, 0.1) is 26.0 Å². The van der Waals surface area contributed by atoms with Crippen molar-refractivity contribution in [2.75, 3.05) is 26.4 Å². The Morgan fingerprint density at radius 3 is 1.90 bits per heavy atom. The van der Waals surface area contributed by atoms with Gasteiger partial charge in [0.2, 0.25) is 6.33 Å². The van der Waals surface area contributed by atoms with Crippen molar-refractivity contribution < 1.29 is 57.2 Å². The molecule has 0 N–H and O–H groups in total. The lowest BCUT2D eigenvalue weighted by Crippen LogP contribution is -2.33. The Balaban J connectivity index is 0.000000561. The second-order valence-electron chi connectivity index (χ2n) is 5.01. The first kappa shape index (κ1) is 28.3. The number of rotatable bonds is 10. The molecule has 0 bridgehead atoms. The highest BCUT2D eigenvalue weighted by Gasteiger charge is 2.46. The zero-order chi connectivity index (χ0) is 23.6. The Labute approximate surface area is 169 Å². The van der Waals surface area contributed by atoms with E-state index in [1.165, 1.54) is 0 Å². The molecule has 1 rings (SSSR count). The third-order valence-corrected chi connectivity index (χ3v) is 5.51. The van der Waals surface area contributed by atoms with Crippen LogP contribution in [0.3, 0.4) is 0 Å². The average Bonchev–Trinajstić information content (AvgIpc) is 3.03. The number of imidazole rings is 1. The molecule has 0 saturated heterocycles. The number of hydrogen-bond donors (Lipinski definition) is 0. The van der Waals surface area contributed by atoms with Gasteiger partial charge in [-0.2, -0.15) is 26.3 Å². The lowest BCUT2D eigenvalue weighted by atomic mass is 10.6. The molecular formula is C13H19F6N3O6S2. The molecule has 9 nitrogen and oxygen atoms in total. The van der Waals surface area contributed by atoms with Crippen LogP contribution in [0.5, 0.6) is 0 Å². The van der Waals surface area contributed by atoms with E-state index >= 15 is 0 Å². The minimum absolute atomic E-state index is 0.663. The molecule has 0 aliphatic carbocycles. The maximum Gasteiger partial charge on any atom is 0.480 e. The molecule has 0 unspecified atom stereocenters. The summed E-state index contributed by atoms with van der Waals surface area (Å²) in [6, 6.07) is 0. The molecule has 0 aromatic carbocycles. The summed E-state index contributed by atoms with van der Waals surface area (Å²) in [4.78, 5) is 0. The number of nitrogens with zero attached hydrogens (tertiary/aromatic N) is 3. The van der Waals surface area contributed by atoms with E-state index in [9.17, 15) is 43.2 Å². The van der Waals surface area contributed by atoms with Gasteiger partial charge in [-0.05, 0) is 6.92 Å². The fraction of sp³-hybridized carbons (Fsp3) is 0.615. The van der Waals surface area contributed by atoms with Crippen LogP contribution in [0.25, 0.3) is 10.3 Å². The summed E-state index contributed by atoms with van der Waals surface area (Å²) in [6.45, 7) is 9.31. The molecule has 0 spiro atoms. The molecule has 1 heterocycles. The second kappa shape index (κ2) is 11.6. The van der Waals surface area contributed by atoms with Crippen LogP contribution in [-0.2, 0) is 36.1 Å². The number of hydrogen-bond acceptors (Lipinski definition) is 6. The zero-order valence-corrected chi connectivity index (χ0v) is 17.1. The Hall–Kier alpha value is -1.69.